The van der Waals surface area contributed by atoms with E-state index >= 15 is 0 Å². The lowest BCUT2D eigenvalue weighted by atomic mass is 10.1. The number of anilines is 1. The highest BCUT2D eigenvalue weighted by Crippen LogP contribution is 2.27. The predicted molar refractivity (Wildman–Crippen MR) is 101 cm³/mol. The highest BCUT2D eigenvalue weighted by Gasteiger charge is 2.16. The van der Waals surface area contributed by atoms with E-state index in [1.165, 1.54) is 6.20 Å². The Bertz CT molecular complexity index is 702. The highest BCUT2D eigenvalue weighted by atomic mass is 16.5. The Morgan fingerprint density at radius 3 is 2.64 bits per heavy atom. The van der Waals surface area contributed by atoms with Crippen LogP contribution in [0.4, 0.5) is 5.69 Å². The quantitative estimate of drug-likeness (QED) is 0.326. The Morgan fingerprint density at radius 1 is 1.28 bits per heavy atom. The van der Waals surface area contributed by atoms with Crippen molar-refractivity contribution in [2.75, 3.05) is 32.1 Å². The van der Waals surface area contributed by atoms with Gasteiger partial charge < -0.3 is 25.1 Å². The van der Waals surface area contributed by atoms with Gasteiger partial charge in [-0.3, -0.25) is 0 Å². The molecule has 6 nitrogen and oxygen atoms in total. The number of nitrogens with zero attached hydrogens (tertiary/aromatic N) is 2. The summed E-state index contributed by atoms with van der Waals surface area (Å²) in [5.41, 5.74) is 1.36. The summed E-state index contributed by atoms with van der Waals surface area (Å²) in [7, 11) is 1.61. The van der Waals surface area contributed by atoms with Crippen LogP contribution >= 0.6 is 0 Å². The minimum absolute atomic E-state index is 0.143. The lowest BCUT2D eigenvalue weighted by Crippen LogP contribution is -2.42. The van der Waals surface area contributed by atoms with E-state index in [1.54, 1.807) is 13.2 Å². The number of pyridine rings is 1. The van der Waals surface area contributed by atoms with Crippen LogP contribution in [0, 0.1) is 10.4 Å². The number of nitrogens with one attached hydrogen (secondary N) is 1. The van der Waals surface area contributed by atoms with E-state index in [-0.39, 0.29) is 10.7 Å². The number of methoxy groups -OCH3 is 1. The van der Waals surface area contributed by atoms with Gasteiger partial charge in [-0.2, -0.15) is 4.73 Å². The maximum Gasteiger partial charge on any atom is 0.247 e. The predicted octanol–water partition coefficient (Wildman–Crippen LogP) is 3.42. The van der Waals surface area contributed by atoms with Crippen LogP contribution in [-0.2, 0) is 0 Å². The Morgan fingerprint density at radius 2 is 2.00 bits per heavy atom. The van der Waals surface area contributed by atoms with E-state index < -0.39 is 0 Å². The summed E-state index contributed by atoms with van der Waals surface area (Å²) in [5, 5.41) is 28.8. The molecule has 0 fully saturated rings. The number of fused-ring (bicyclic) bond motifs is 1. The van der Waals surface area contributed by atoms with Crippen molar-refractivity contribution in [3.05, 3.63) is 40.9 Å². The fourth-order valence-electron chi connectivity index (χ4n) is 3.09. The van der Waals surface area contributed by atoms with E-state index in [9.17, 15) is 10.4 Å². The number of rotatable bonds is 9. The topological polar surface area (TPSA) is 71.3 Å². The van der Waals surface area contributed by atoms with Gasteiger partial charge in [0.15, 0.2) is 6.20 Å². The maximum absolute atomic E-state index is 12.3. The zero-order valence-corrected chi connectivity index (χ0v) is 15.6. The van der Waals surface area contributed by atoms with Crippen LogP contribution in [0.5, 0.6) is 5.75 Å². The van der Waals surface area contributed by atoms with Gasteiger partial charge in [-0.25, -0.2) is 0 Å². The summed E-state index contributed by atoms with van der Waals surface area (Å²) in [6.07, 6.45) is 3.21. The van der Waals surface area contributed by atoms with E-state index in [1.807, 2.05) is 32.0 Å². The molecule has 2 rings (SSSR count). The third kappa shape index (κ3) is 4.74. The summed E-state index contributed by atoms with van der Waals surface area (Å²) in [6.45, 7) is 7.78. The average Bonchev–Trinajstić information content (AvgIpc) is 2.61. The molecule has 1 atom stereocenters. The minimum atomic E-state index is -0.143. The van der Waals surface area contributed by atoms with Crippen LogP contribution in [0.15, 0.2) is 30.5 Å². The zero-order valence-electron chi connectivity index (χ0n) is 15.6. The molecular formula is C19H29N3O3. The molecule has 0 saturated carbocycles. The highest BCUT2D eigenvalue weighted by molar-refractivity contribution is 5.89. The molecule has 1 heterocycles. The Kier molecular flexibility index (Phi) is 6.45. The fraction of sp³-hybridized carbons (Fsp3) is 0.526. The van der Waals surface area contributed by atoms with Gasteiger partial charge in [0.25, 0.3) is 0 Å². The largest absolute Gasteiger partial charge is 0.633 e. The standard InChI is InChI=1S/C19H29N3O3/c1-5-22(24,6-2)12-8-9-15(3)20-18-14-17(25-4)13-16-10-7-11-21(23)19(16)18/h7,10-11,13-15,20H,5-6,8-9,12H2,1-4H3. The van der Waals surface area contributed by atoms with Crippen LogP contribution in [0.1, 0.15) is 33.6 Å². The maximum atomic E-state index is 12.3. The zero-order chi connectivity index (χ0) is 18.4. The van der Waals surface area contributed by atoms with E-state index in [0.29, 0.717) is 30.9 Å². The second-order valence-corrected chi connectivity index (χ2v) is 6.55. The Hall–Kier alpha value is -2.05. The molecule has 138 valence electrons. The summed E-state index contributed by atoms with van der Waals surface area (Å²) in [6, 6.07) is 7.47. The summed E-state index contributed by atoms with van der Waals surface area (Å²) < 4.78 is 6.07. The number of ether oxygens (including phenoxy) is 1. The van der Waals surface area contributed by atoms with Crippen molar-refractivity contribution in [2.24, 2.45) is 0 Å². The van der Waals surface area contributed by atoms with Crippen LogP contribution in [-0.4, -0.2) is 37.4 Å². The van der Waals surface area contributed by atoms with Crippen molar-refractivity contribution < 1.29 is 14.1 Å². The van der Waals surface area contributed by atoms with Crippen molar-refractivity contribution >= 4 is 16.6 Å². The number of aromatic nitrogens is 1. The van der Waals surface area contributed by atoms with Crippen molar-refractivity contribution in [1.29, 1.82) is 0 Å². The molecule has 0 saturated heterocycles. The molecule has 1 N–H and O–H groups in total. The van der Waals surface area contributed by atoms with Crippen LogP contribution in [0.3, 0.4) is 0 Å². The number of benzene rings is 1. The summed E-state index contributed by atoms with van der Waals surface area (Å²) in [5.74, 6) is 0.709. The van der Waals surface area contributed by atoms with Gasteiger partial charge in [0.2, 0.25) is 5.52 Å². The van der Waals surface area contributed by atoms with E-state index in [2.05, 4.69) is 12.2 Å². The minimum Gasteiger partial charge on any atom is -0.633 e. The normalized spacial score (nSPS) is 13.0. The fourth-order valence-corrected chi connectivity index (χ4v) is 3.09. The second kappa shape index (κ2) is 8.36. The molecule has 6 heteroatoms. The van der Waals surface area contributed by atoms with Gasteiger partial charge in [-0.15, -0.1) is 0 Å². The second-order valence-electron chi connectivity index (χ2n) is 6.55. The first-order valence-electron chi connectivity index (χ1n) is 8.96. The van der Waals surface area contributed by atoms with Gasteiger partial charge in [0.1, 0.15) is 11.4 Å². The molecule has 0 aliphatic rings. The van der Waals surface area contributed by atoms with Crippen LogP contribution in [0.2, 0.25) is 0 Å². The van der Waals surface area contributed by atoms with Gasteiger partial charge in [-0.05, 0) is 45.7 Å². The van der Waals surface area contributed by atoms with E-state index in [4.69, 9.17) is 4.74 Å². The van der Waals surface area contributed by atoms with Crippen LogP contribution in [0.25, 0.3) is 10.9 Å². The first-order valence-corrected chi connectivity index (χ1v) is 8.96. The Balaban J connectivity index is 2.11. The molecular weight excluding hydrogens is 318 g/mol. The van der Waals surface area contributed by atoms with Gasteiger partial charge in [-0.1, -0.05) is 0 Å². The SMILES string of the molecule is CC[N+]([O-])(CC)CCCC(C)Nc1cc(OC)cc2ccc[n+]([O-])c12. The molecule has 0 amide bonds. The molecule has 1 unspecified atom stereocenters. The number of hydrogen-bond donors (Lipinski definition) is 1. The molecule has 0 spiro atoms. The van der Waals surface area contributed by atoms with Gasteiger partial charge in [0.05, 0.1) is 32.1 Å². The molecule has 0 radical (unpaired) electrons. The first kappa shape index (κ1) is 19.3. The average molecular weight is 347 g/mol. The Labute approximate surface area is 149 Å². The lowest BCUT2D eigenvalue weighted by Gasteiger charge is -2.41. The molecule has 1 aromatic heterocycles. The number of hydroxylamine groups is 3. The van der Waals surface area contributed by atoms with E-state index in [0.717, 1.165) is 28.6 Å². The van der Waals surface area contributed by atoms with Crippen molar-refractivity contribution in [3.63, 3.8) is 0 Å². The van der Waals surface area contributed by atoms with Crippen molar-refractivity contribution in [1.82, 2.24) is 0 Å². The third-order valence-electron chi connectivity index (χ3n) is 4.82. The lowest BCUT2D eigenvalue weighted by molar-refractivity contribution is -0.877. The van der Waals surface area contributed by atoms with Gasteiger partial charge >= 0.3 is 0 Å². The summed E-state index contributed by atoms with van der Waals surface area (Å²) in [4.78, 5) is 0. The molecule has 25 heavy (non-hydrogen) atoms. The van der Waals surface area contributed by atoms with Crippen molar-refractivity contribution in [3.8, 4) is 5.75 Å². The van der Waals surface area contributed by atoms with Crippen molar-refractivity contribution in [2.45, 2.75) is 39.7 Å². The smallest absolute Gasteiger partial charge is 0.247 e. The van der Waals surface area contributed by atoms with Gasteiger partial charge in [0, 0.05) is 18.2 Å². The third-order valence-corrected chi connectivity index (χ3v) is 4.82. The molecule has 0 aliphatic heterocycles. The molecule has 2 aromatic rings. The number of quaternary nitrogens is 1. The summed E-state index contributed by atoms with van der Waals surface area (Å²) >= 11 is 0. The molecule has 0 aliphatic carbocycles. The number of hydrogen-bond acceptors (Lipinski definition) is 4. The monoisotopic (exact) mass is 347 g/mol. The molecule has 0 bridgehead atoms. The first-order chi connectivity index (χ1) is 11.9. The molecule has 1 aromatic carbocycles. The van der Waals surface area contributed by atoms with Crippen LogP contribution < -0.4 is 14.8 Å².